The van der Waals surface area contributed by atoms with Gasteiger partial charge in [-0.3, -0.25) is 4.79 Å². The number of halogens is 2. The van der Waals surface area contributed by atoms with Crippen LogP contribution < -0.4 is 4.18 Å². The predicted molar refractivity (Wildman–Crippen MR) is 107 cm³/mol. The number of rotatable bonds is 7. The topological polar surface area (TPSA) is 63.7 Å². The third kappa shape index (κ3) is 5.42. The fraction of sp³-hybridized carbons (Fsp3) is 0.136. The molecule has 3 rings (SSSR count). The van der Waals surface area contributed by atoms with Crippen molar-refractivity contribution in [2.45, 2.75) is 24.9 Å². The lowest BCUT2D eigenvalue weighted by Crippen LogP contribution is -2.28. The van der Waals surface area contributed by atoms with Crippen LogP contribution in [0, 0.1) is 11.6 Å². The van der Waals surface area contributed by atoms with Gasteiger partial charge in [0.15, 0.2) is 0 Å². The quantitative estimate of drug-likeness (QED) is 0.524. The average Bonchev–Trinajstić information content (AvgIpc) is 2.70. The van der Waals surface area contributed by atoms with E-state index in [0.717, 1.165) is 29.8 Å². The molecule has 8 heteroatoms. The highest BCUT2D eigenvalue weighted by Gasteiger charge is 2.20. The minimum absolute atomic E-state index is 0.0622. The third-order valence-electron chi connectivity index (χ3n) is 4.37. The van der Waals surface area contributed by atoms with E-state index in [4.69, 9.17) is 4.18 Å². The van der Waals surface area contributed by atoms with Crippen LogP contribution in [0.15, 0.2) is 77.7 Å². The first-order valence-electron chi connectivity index (χ1n) is 9.02. The van der Waals surface area contributed by atoms with Crippen molar-refractivity contribution < 1.29 is 26.2 Å². The second kappa shape index (κ2) is 9.04. The lowest BCUT2D eigenvalue weighted by atomic mass is 10.1. The van der Waals surface area contributed by atoms with E-state index in [1.807, 2.05) is 0 Å². The molecular weight excluding hydrogens is 412 g/mol. The van der Waals surface area contributed by atoms with E-state index in [-0.39, 0.29) is 35.5 Å². The van der Waals surface area contributed by atoms with Crippen molar-refractivity contribution in [1.29, 1.82) is 0 Å². The molecule has 3 aromatic rings. The van der Waals surface area contributed by atoms with E-state index in [2.05, 4.69) is 0 Å². The van der Waals surface area contributed by atoms with Crippen molar-refractivity contribution in [3.05, 3.63) is 95.6 Å². The molecule has 0 saturated carbocycles. The highest BCUT2D eigenvalue weighted by atomic mass is 32.2. The first-order chi connectivity index (χ1) is 14.2. The zero-order valence-corrected chi connectivity index (χ0v) is 16.9. The minimum atomic E-state index is -4.18. The molecule has 0 saturated heterocycles. The number of hydrogen-bond acceptors (Lipinski definition) is 4. The molecular formula is C22H19F2NO4S. The molecule has 0 aliphatic carbocycles. The van der Waals surface area contributed by atoms with Gasteiger partial charge in [-0.2, -0.15) is 8.42 Å². The molecule has 0 radical (unpaired) electrons. The maximum absolute atomic E-state index is 13.1. The smallest absolute Gasteiger partial charge is 0.339 e. The van der Waals surface area contributed by atoms with E-state index < -0.39 is 15.9 Å². The van der Waals surface area contributed by atoms with Crippen LogP contribution >= 0.6 is 0 Å². The summed E-state index contributed by atoms with van der Waals surface area (Å²) in [6.07, 6.45) is 0. The van der Waals surface area contributed by atoms with Crippen molar-refractivity contribution in [3.63, 3.8) is 0 Å². The molecule has 0 aliphatic heterocycles. The number of hydrogen-bond donors (Lipinski definition) is 0. The van der Waals surface area contributed by atoms with Crippen molar-refractivity contribution in [1.82, 2.24) is 4.90 Å². The summed E-state index contributed by atoms with van der Waals surface area (Å²) in [5, 5.41) is 0. The summed E-state index contributed by atoms with van der Waals surface area (Å²) < 4.78 is 56.6. The molecule has 0 unspecified atom stereocenters. The van der Waals surface area contributed by atoms with Crippen LogP contribution in [0.3, 0.4) is 0 Å². The molecule has 5 nitrogen and oxygen atoms in total. The maximum Gasteiger partial charge on any atom is 0.339 e. The highest BCUT2D eigenvalue weighted by Crippen LogP contribution is 2.25. The Morgan fingerprint density at radius 2 is 1.43 bits per heavy atom. The third-order valence-corrected chi connectivity index (χ3v) is 5.62. The summed E-state index contributed by atoms with van der Waals surface area (Å²) in [7, 11) is -4.18. The van der Waals surface area contributed by atoms with Crippen LogP contribution in [0.4, 0.5) is 8.78 Å². The zero-order valence-electron chi connectivity index (χ0n) is 16.1. The van der Waals surface area contributed by atoms with E-state index in [9.17, 15) is 22.0 Å². The number of para-hydroxylation sites is 1. The Labute approximate surface area is 173 Å². The van der Waals surface area contributed by atoms with Gasteiger partial charge in [0.25, 0.3) is 0 Å². The molecule has 0 atom stereocenters. The molecule has 1 amide bonds. The Bertz CT molecular complexity index is 1130. The van der Waals surface area contributed by atoms with Crippen molar-refractivity contribution in [3.8, 4) is 5.75 Å². The number of nitrogens with zero attached hydrogens (tertiary/aromatic N) is 1. The Hall–Kier alpha value is -3.26. The normalized spacial score (nSPS) is 11.2. The summed E-state index contributed by atoms with van der Waals surface area (Å²) in [6.45, 7) is 1.69. The van der Waals surface area contributed by atoms with Gasteiger partial charge in [-0.15, -0.1) is 0 Å². The van der Waals surface area contributed by atoms with Gasteiger partial charge in [0.1, 0.15) is 22.3 Å². The standard InChI is InChI=1S/C22H19F2NO4S/c1-16(26)25(14-17-6-8-19(23)9-7-17)15-18-4-2-3-5-22(18)29-30(27,28)21-12-10-20(24)11-13-21/h2-13H,14-15H2,1H3. The summed E-state index contributed by atoms with van der Waals surface area (Å²) in [5.74, 6) is -1.12. The van der Waals surface area contributed by atoms with Crippen LogP contribution in [0.1, 0.15) is 18.1 Å². The monoisotopic (exact) mass is 431 g/mol. The second-order valence-electron chi connectivity index (χ2n) is 6.60. The molecule has 0 fully saturated rings. The van der Waals surface area contributed by atoms with Gasteiger partial charge in [-0.25, -0.2) is 8.78 Å². The average molecular weight is 431 g/mol. The number of carbonyl (C=O) groups excluding carboxylic acids is 1. The van der Waals surface area contributed by atoms with Crippen molar-refractivity contribution in [2.24, 2.45) is 0 Å². The molecule has 0 aliphatic rings. The lowest BCUT2D eigenvalue weighted by Gasteiger charge is -2.22. The summed E-state index contributed by atoms with van der Waals surface area (Å²) in [6, 6.07) is 16.5. The van der Waals surface area contributed by atoms with Gasteiger partial charge in [-0.1, -0.05) is 30.3 Å². The van der Waals surface area contributed by atoms with Gasteiger partial charge < -0.3 is 9.08 Å². The molecule has 0 heterocycles. The maximum atomic E-state index is 13.1. The fourth-order valence-electron chi connectivity index (χ4n) is 2.78. The van der Waals surface area contributed by atoms with Crippen LogP contribution in [0.2, 0.25) is 0 Å². The van der Waals surface area contributed by atoms with Crippen LogP contribution in [0.25, 0.3) is 0 Å². The molecule has 156 valence electrons. The van der Waals surface area contributed by atoms with Crippen LogP contribution in [-0.4, -0.2) is 19.2 Å². The van der Waals surface area contributed by atoms with Gasteiger partial charge >= 0.3 is 10.1 Å². The summed E-state index contributed by atoms with van der Waals surface area (Å²) >= 11 is 0. The Kier molecular flexibility index (Phi) is 6.47. The number of amides is 1. The first-order valence-corrected chi connectivity index (χ1v) is 10.4. The Morgan fingerprint density at radius 3 is 2.03 bits per heavy atom. The highest BCUT2D eigenvalue weighted by molar-refractivity contribution is 7.87. The second-order valence-corrected chi connectivity index (χ2v) is 8.15. The van der Waals surface area contributed by atoms with E-state index in [1.165, 1.54) is 30.0 Å². The number of benzene rings is 3. The lowest BCUT2D eigenvalue weighted by molar-refractivity contribution is -0.130. The molecule has 0 spiro atoms. The van der Waals surface area contributed by atoms with Crippen LogP contribution in [0.5, 0.6) is 5.75 Å². The molecule has 0 bridgehead atoms. The molecule has 3 aromatic carbocycles. The van der Waals surface area contributed by atoms with Crippen molar-refractivity contribution in [2.75, 3.05) is 0 Å². The van der Waals surface area contributed by atoms with Gasteiger partial charge in [0.2, 0.25) is 5.91 Å². The van der Waals surface area contributed by atoms with Crippen LogP contribution in [-0.2, 0) is 28.0 Å². The van der Waals surface area contributed by atoms with E-state index in [0.29, 0.717) is 5.56 Å². The minimum Gasteiger partial charge on any atom is -0.379 e. The largest absolute Gasteiger partial charge is 0.379 e. The Balaban J connectivity index is 1.83. The Morgan fingerprint density at radius 1 is 0.867 bits per heavy atom. The number of carbonyl (C=O) groups is 1. The van der Waals surface area contributed by atoms with Gasteiger partial charge in [-0.05, 0) is 48.0 Å². The predicted octanol–water partition coefficient (Wildman–Crippen LogP) is 4.28. The van der Waals surface area contributed by atoms with Gasteiger partial charge in [0, 0.05) is 25.6 Å². The molecule has 0 N–H and O–H groups in total. The van der Waals surface area contributed by atoms with E-state index >= 15 is 0 Å². The fourth-order valence-corrected chi connectivity index (χ4v) is 3.74. The molecule has 30 heavy (non-hydrogen) atoms. The van der Waals surface area contributed by atoms with Gasteiger partial charge in [0.05, 0.1) is 0 Å². The zero-order chi connectivity index (χ0) is 21.7. The molecule has 0 aromatic heterocycles. The van der Waals surface area contributed by atoms with Crippen molar-refractivity contribution >= 4 is 16.0 Å². The SMILES string of the molecule is CC(=O)N(Cc1ccc(F)cc1)Cc1ccccc1OS(=O)(=O)c1ccc(F)cc1. The summed E-state index contributed by atoms with van der Waals surface area (Å²) in [4.78, 5) is 13.4. The van der Waals surface area contributed by atoms with E-state index in [1.54, 1.807) is 30.3 Å². The first kappa shape index (κ1) is 21.4. The summed E-state index contributed by atoms with van der Waals surface area (Å²) in [5.41, 5.74) is 1.20.